The number of alkyl halides is 1. The zero-order valence-corrected chi connectivity index (χ0v) is 12.1. The van der Waals surface area contributed by atoms with Gasteiger partial charge in [-0.05, 0) is 50.3 Å². The molecule has 2 unspecified atom stereocenters. The van der Waals surface area contributed by atoms with Crippen LogP contribution in [0.4, 0.5) is 0 Å². The van der Waals surface area contributed by atoms with E-state index < -0.39 is 0 Å². The number of hydrogen-bond donors (Lipinski definition) is 0. The third-order valence-electron chi connectivity index (χ3n) is 4.16. The maximum absolute atomic E-state index is 5.81. The Morgan fingerprint density at radius 3 is 2.72 bits per heavy atom. The molecular weight excluding hydrogens is 242 g/mol. The minimum absolute atomic E-state index is 0.743. The van der Waals surface area contributed by atoms with Crippen molar-refractivity contribution in [2.24, 2.45) is 0 Å². The number of halogens is 1. The zero-order chi connectivity index (χ0) is 12.8. The third kappa shape index (κ3) is 3.49. The molecule has 0 radical (unpaired) electrons. The van der Waals surface area contributed by atoms with E-state index in [0.717, 1.165) is 24.3 Å². The summed E-state index contributed by atoms with van der Waals surface area (Å²) in [4.78, 5) is 2.64. The van der Waals surface area contributed by atoms with Crippen molar-refractivity contribution in [3.05, 3.63) is 35.9 Å². The summed E-state index contributed by atoms with van der Waals surface area (Å²) in [6.45, 7) is 4.71. The molecule has 1 fully saturated rings. The van der Waals surface area contributed by atoms with Gasteiger partial charge in [0.1, 0.15) is 0 Å². The monoisotopic (exact) mass is 265 g/mol. The molecule has 0 N–H and O–H groups in total. The Balaban J connectivity index is 1.96. The van der Waals surface area contributed by atoms with E-state index in [1.807, 2.05) is 0 Å². The summed E-state index contributed by atoms with van der Waals surface area (Å²) < 4.78 is 0. The number of hydrogen-bond acceptors (Lipinski definition) is 1. The van der Waals surface area contributed by atoms with E-state index in [-0.39, 0.29) is 0 Å². The molecule has 1 aliphatic heterocycles. The maximum atomic E-state index is 5.81. The fourth-order valence-electron chi connectivity index (χ4n) is 3.11. The minimum atomic E-state index is 0.743. The van der Waals surface area contributed by atoms with Crippen molar-refractivity contribution in [3.63, 3.8) is 0 Å². The van der Waals surface area contributed by atoms with Crippen LogP contribution in [0.5, 0.6) is 0 Å². The summed E-state index contributed by atoms with van der Waals surface area (Å²) in [5.41, 5.74) is 1.52. The number of nitrogens with zero attached hydrogens (tertiary/aromatic N) is 1. The molecule has 0 aliphatic carbocycles. The lowest BCUT2D eigenvalue weighted by Crippen LogP contribution is -2.42. The van der Waals surface area contributed by atoms with Crippen molar-refractivity contribution in [2.75, 3.05) is 19.0 Å². The second kappa shape index (κ2) is 7.16. The van der Waals surface area contributed by atoms with Gasteiger partial charge in [0.2, 0.25) is 0 Å². The van der Waals surface area contributed by atoms with Gasteiger partial charge in [0.05, 0.1) is 0 Å². The summed E-state index contributed by atoms with van der Waals surface area (Å²) >= 11 is 5.81. The van der Waals surface area contributed by atoms with Crippen molar-refractivity contribution < 1.29 is 0 Å². The summed E-state index contributed by atoms with van der Waals surface area (Å²) in [5, 5.41) is 0. The molecule has 1 aliphatic rings. The average molecular weight is 266 g/mol. The molecule has 1 aromatic rings. The first-order chi connectivity index (χ1) is 8.85. The van der Waals surface area contributed by atoms with E-state index in [2.05, 4.69) is 42.2 Å². The third-order valence-corrected chi connectivity index (χ3v) is 4.43. The largest absolute Gasteiger partial charge is 0.300 e. The van der Waals surface area contributed by atoms with Gasteiger partial charge in [-0.2, -0.15) is 0 Å². The smallest absolute Gasteiger partial charge is 0.0235 e. The highest BCUT2D eigenvalue weighted by molar-refractivity contribution is 6.17. The molecular formula is C16H24ClN. The van der Waals surface area contributed by atoms with Crippen LogP contribution in [0.25, 0.3) is 0 Å². The van der Waals surface area contributed by atoms with Crippen molar-refractivity contribution in [1.29, 1.82) is 0 Å². The van der Waals surface area contributed by atoms with Crippen LogP contribution in [-0.2, 0) is 0 Å². The minimum Gasteiger partial charge on any atom is -0.300 e. The van der Waals surface area contributed by atoms with Gasteiger partial charge in [-0.15, -0.1) is 11.6 Å². The molecule has 2 atom stereocenters. The van der Waals surface area contributed by atoms with Gasteiger partial charge < -0.3 is 4.90 Å². The molecule has 100 valence electrons. The number of likely N-dealkylation sites (tertiary alicyclic amines) is 1. The van der Waals surface area contributed by atoms with E-state index in [1.165, 1.54) is 37.9 Å². The van der Waals surface area contributed by atoms with Crippen LogP contribution in [0.3, 0.4) is 0 Å². The zero-order valence-electron chi connectivity index (χ0n) is 11.3. The molecule has 0 spiro atoms. The molecule has 1 saturated heterocycles. The molecule has 0 bridgehead atoms. The van der Waals surface area contributed by atoms with E-state index in [0.29, 0.717) is 0 Å². The van der Waals surface area contributed by atoms with Gasteiger partial charge in [0, 0.05) is 11.9 Å². The van der Waals surface area contributed by atoms with Crippen LogP contribution >= 0.6 is 11.6 Å². The molecule has 1 heterocycles. The average Bonchev–Trinajstić information content (AvgIpc) is 2.46. The Morgan fingerprint density at radius 2 is 2.06 bits per heavy atom. The summed E-state index contributed by atoms with van der Waals surface area (Å²) in [5.74, 6) is 1.54. The second-order valence-corrected chi connectivity index (χ2v) is 5.65. The Morgan fingerprint density at radius 1 is 1.28 bits per heavy atom. The van der Waals surface area contributed by atoms with Gasteiger partial charge in [-0.3, -0.25) is 0 Å². The predicted octanol–water partition coefficient (Wildman–Crippen LogP) is 4.27. The Labute approximate surface area is 116 Å². The van der Waals surface area contributed by atoms with E-state index in [4.69, 9.17) is 11.6 Å². The topological polar surface area (TPSA) is 3.24 Å². The lowest BCUT2D eigenvalue weighted by Gasteiger charge is -2.39. The van der Waals surface area contributed by atoms with Gasteiger partial charge in [-0.1, -0.05) is 37.3 Å². The molecule has 2 rings (SSSR count). The lowest BCUT2D eigenvalue weighted by atomic mass is 9.84. The maximum Gasteiger partial charge on any atom is 0.0235 e. The molecule has 0 amide bonds. The first kappa shape index (κ1) is 13.9. The highest BCUT2D eigenvalue weighted by Crippen LogP contribution is 2.32. The summed E-state index contributed by atoms with van der Waals surface area (Å²) in [7, 11) is 0. The first-order valence-electron chi connectivity index (χ1n) is 7.20. The van der Waals surface area contributed by atoms with E-state index in [9.17, 15) is 0 Å². The van der Waals surface area contributed by atoms with Crippen LogP contribution in [0.1, 0.15) is 44.1 Å². The van der Waals surface area contributed by atoms with Crippen LogP contribution in [0.2, 0.25) is 0 Å². The number of benzene rings is 1. The van der Waals surface area contributed by atoms with E-state index >= 15 is 0 Å². The Hall–Kier alpha value is -0.530. The lowest BCUT2D eigenvalue weighted by molar-refractivity contribution is 0.131. The second-order valence-electron chi connectivity index (χ2n) is 5.27. The van der Waals surface area contributed by atoms with Crippen LogP contribution < -0.4 is 0 Å². The predicted molar refractivity (Wildman–Crippen MR) is 79.4 cm³/mol. The Bertz CT molecular complexity index is 338. The fourth-order valence-corrected chi connectivity index (χ4v) is 3.23. The molecule has 0 aromatic heterocycles. The first-order valence-corrected chi connectivity index (χ1v) is 7.73. The highest BCUT2D eigenvalue weighted by Gasteiger charge is 2.27. The summed E-state index contributed by atoms with van der Waals surface area (Å²) in [6.07, 6.45) is 4.98. The van der Waals surface area contributed by atoms with Crippen LogP contribution in [0.15, 0.2) is 30.3 Å². The van der Waals surface area contributed by atoms with Crippen molar-refractivity contribution in [2.45, 2.75) is 44.6 Å². The van der Waals surface area contributed by atoms with Gasteiger partial charge in [0.15, 0.2) is 0 Å². The quantitative estimate of drug-likeness (QED) is 0.719. The summed E-state index contributed by atoms with van der Waals surface area (Å²) in [6, 6.07) is 11.7. The van der Waals surface area contributed by atoms with Crippen molar-refractivity contribution in [3.8, 4) is 0 Å². The molecule has 1 aromatic carbocycles. The van der Waals surface area contributed by atoms with Crippen LogP contribution in [0, 0.1) is 0 Å². The number of piperidine rings is 1. The SMILES string of the molecule is CCC1CC(c2ccccc2)CCN1CCCCl. The standard InChI is InChI=1S/C16H24ClN/c1-2-16-13-15(14-7-4-3-5-8-14)9-12-18(16)11-6-10-17/h3-5,7-8,15-16H,2,6,9-13H2,1H3. The highest BCUT2D eigenvalue weighted by atomic mass is 35.5. The van der Waals surface area contributed by atoms with Gasteiger partial charge in [0.25, 0.3) is 0 Å². The number of rotatable bonds is 5. The fraction of sp³-hybridized carbons (Fsp3) is 0.625. The normalized spacial score (nSPS) is 25.2. The van der Waals surface area contributed by atoms with E-state index in [1.54, 1.807) is 0 Å². The van der Waals surface area contributed by atoms with Gasteiger partial charge >= 0.3 is 0 Å². The van der Waals surface area contributed by atoms with Crippen molar-refractivity contribution >= 4 is 11.6 Å². The molecule has 1 nitrogen and oxygen atoms in total. The van der Waals surface area contributed by atoms with Gasteiger partial charge in [-0.25, -0.2) is 0 Å². The molecule has 2 heteroatoms. The Kier molecular flexibility index (Phi) is 5.52. The molecule has 18 heavy (non-hydrogen) atoms. The van der Waals surface area contributed by atoms with Crippen molar-refractivity contribution in [1.82, 2.24) is 4.90 Å². The van der Waals surface area contributed by atoms with Crippen LogP contribution in [-0.4, -0.2) is 29.9 Å². The molecule has 0 saturated carbocycles.